The molecule has 0 spiro atoms. The fourth-order valence-electron chi connectivity index (χ4n) is 7.11. The highest BCUT2D eigenvalue weighted by atomic mass is 16.5. The lowest BCUT2D eigenvalue weighted by atomic mass is 9.97. The molecule has 0 saturated carbocycles. The third-order valence-corrected chi connectivity index (χ3v) is 9.27. The molecule has 7 rings (SSSR count). The second-order valence-corrected chi connectivity index (χ2v) is 12.0. The minimum Gasteiger partial charge on any atom is -0.508 e. The fourth-order valence-corrected chi connectivity index (χ4v) is 7.11. The van der Waals surface area contributed by atoms with Gasteiger partial charge < -0.3 is 29.6 Å². The van der Waals surface area contributed by atoms with Gasteiger partial charge in [-0.1, -0.05) is 30.3 Å². The first-order valence-corrected chi connectivity index (χ1v) is 15.0. The zero-order chi connectivity index (χ0) is 29.7. The van der Waals surface area contributed by atoms with E-state index >= 15 is 0 Å². The molecule has 4 aromatic rings. The molecule has 0 radical (unpaired) electrons. The molecule has 0 aliphatic carbocycles. The number of benzene rings is 3. The van der Waals surface area contributed by atoms with E-state index in [-0.39, 0.29) is 23.7 Å². The smallest absolute Gasteiger partial charge is 0.319 e. The highest BCUT2D eigenvalue weighted by Gasteiger charge is 2.43. The molecule has 2 bridgehead atoms. The number of nitrogens with zero attached hydrogens (tertiary/aromatic N) is 5. The van der Waals surface area contributed by atoms with Gasteiger partial charge in [0.25, 0.3) is 0 Å². The van der Waals surface area contributed by atoms with Gasteiger partial charge in [0.15, 0.2) is 0 Å². The number of carbonyl (C=O) groups is 2. The van der Waals surface area contributed by atoms with Crippen LogP contribution in [0.15, 0.2) is 54.6 Å². The number of rotatable bonds is 7. The zero-order valence-electron chi connectivity index (χ0n) is 24.1. The highest BCUT2D eigenvalue weighted by molar-refractivity contribution is 6.01. The predicted molar refractivity (Wildman–Crippen MR) is 163 cm³/mol. The summed E-state index contributed by atoms with van der Waals surface area (Å²) < 4.78 is 6.27. The van der Waals surface area contributed by atoms with Crippen molar-refractivity contribution in [1.82, 2.24) is 19.8 Å². The van der Waals surface area contributed by atoms with Crippen molar-refractivity contribution in [1.29, 1.82) is 0 Å². The molecule has 2 N–H and O–H groups in total. The molecule has 1 aromatic heterocycles. The van der Waals surface area contributed by atoms with Crippen molar-refractivity contribution in [2.24, 2.45) is 0 Å². The lowest BCUT2D eigenvalue weighted by Crippen LogP contribution is -2.56. The van der Waals surface area contributed by atoms with Crippen LogP contribution in [0.1, 0.15) is 32.1 Å². The minimum absolute atomic E-state index is 0.0260. The number of ether oxygens (including phenoxy) is 1. The van der Waals surface area contributed by atoms with Crippen LogP contribution in [-0.2, 0) is 9.59 Å². The van der Waals surface area contributed by atoms with E-state index in [9.17, 15) is 14.7 Å². The number of carboxylic acids is 1. The average Bonchev–Trinajstić information content (AvgIpc) is 3.52. The van der Waals surface area contributed by atoms with Crippen molar-refractivity contribution in [3.63, 3.8) is 0 Å². The van der Waals surface area contributed by atoms with Crippen molar-refractivity contribution >= 4 is 39.4 Å². The zero-order valence-corrected chi connectivity index (χ0v) is 24.1. The maximum absolute atomic E-state index is 12.6. The monoisotopic (exact) mass is 581 g/mol. The van der Waals surface area contributed by atoms with Crippen LogP contribution in [0, 0.1) is 0 Å². The van der Waals surface area contributed by atoms with Crippen molar-refractivity contribution in [3.8, 4) is 22.9 Å². The third-order valence-electron chi connectivity index (χ3n) is 9.27. The number of fused-ring (bicyclic) bond motifs is 4. The molecule has 3 aliphatic rings. The normalized spacial score (nSPS) is 22.0. The molecule has 3 saturated heterocycles. The molecule has 10 nitrogen and oxygen atoms in total. The number of phenols is 1. The number of phenolic OH excluding ortho intramolecular Hbond substituents is 1. The van der Waals surface area contributed by atoms with Crippen molar-refractivity contribution in [3.05, 3.63) is 54.6 Å². The number of anilines is 1. The second-order valence-electron chi connectivity index (χ2n) is 12.0. The number of hydrogen-bond acceptors (Lipinski definition) is 8. The molecule has 3 atom stereocenters. The molecule has 0 unspecified atom stereocenters. The lowest BCUT2D eigenvalue weighted by Gasteiger charge is -2.42. The van der Waals surface area contributed by atoms with Crippen LogP contribution in [0.25, 0.3) is 32.8 Å². The van der Waals surface area contributed by atoms with Crippen LogP contribution in [0.3, 0.4) is 0 Å². The van der Waals surface area contributed by atoms with Crippen LogP contribution >= 0.6 is 0 Å². The lowest BCUT2D eigenvalue weighted by molar-refractivity contribution is -0.144. The first-order valence-electron chi connectivity index (χ1n) is 15.0. The van der Waals surface area contributed by atoms with Gasteiger partial charge in [-0.05, 0) is 85.4 Å². The Kier molecular flexibility index (Phi) is 7.01. The SMILES string of the molecule is CN1CCC[C@H]1COc1nc(N2[C@@H]3CC[C@H]2CN(C(=O)CC(=O)O)C3)c2ccc(-c3cc(O)cc4ccccc34)cc2n1. The number of carbonyl (C=O) groups excluding carboxylic acids is 1. The van der Waals surface area contributed by atoms with Crippen LogP contribution in [-0.4, -0.2) is 93.3 Å². The van der Waals surface area contributed by atoms with Gasteiger partial charge in [0.05, 0.1) is 5.52 Å². The molecule has 43 heavy (non-hydrogen) atoms. The molecule has 3 fully saturated rings. The van der Waals surface area contributed by atoms with E-state index < -0.39 is 12.4 Å². The average molecular weight is 582 g/mol. The van der Waals surface area contributed by atoms with E-state index in [1.165, 1.54) is 0 Å². The van der Waals surface area contributed by atoms with Crippen LogP contribution < -0.4 is 9.64 Å². The Hall–Kier alpha value is -4.44. The summed E-state index contributed by atoms with van der Waals surface area (Å²) in [5, 5.41) is 22.5. The van der Waals surface area contributed by atoms with Gasteiger partial charge in [0.1, 0.15) is 24.6 Å². The molecular weight excluding hydrogens is 546 g/mol. The number of likely N-dealkylation sites (N-methyl/N-ethyl adjacent to an activating group) is 1. The van der Waals surface area contributed by atoms with Crippen LogP contribution in [0.5, 0.6) is 11.8 Å². The molecular formula is C33H35N5O5. The maximum Gasteiger partial charge on any atom is 0.319 e. The summed E-state index contributed by atoms with van der Waals surface area (Å²) in [6, 6.07) is 18.3. The molecule has 222 valence electrons. The Labute approximate surface area is 249 Å². The van der Waals surface area contributed by atoms with Gasteiger partial charge in [-0.3, -0.25) is 9.59 Å². The molecule has 3 aromatic carbocycles. The number of carboxylic acid groups (broad SMARTS) is 1. The number of hydrogen-bond donors (Lipinski definition) is 2. The summed E-state index contributed by atoms with van der Waals surface area (Å²) in [5.41, 5.74) is 2.59. The number of aromatic nitrogens is 2. The van der Waals surface area contributed by atoms with E-state index in [0.29, 0.717) is 31.7 Å². The van der Waals surface area contributed by atoms with Gasteiger partial charge in [-0.25, -0.2) is 0 Å². The first-order chi connectivity index (χ1) is 20.8. The second kappa shape index (κ2) is 11.0. The van der Waals surface area contributed by atoms with Gasteiger partial charge in [0, 0.05) is 36.6 Å². The van der Waals surface area contributed by atoms with Crippen molar-refractivity contribution in [2.75, 3.05) is 38.2 Å². The summed E-state index contributed by atoms with van der Waals surface area (Å²) in [5.74, 6) is -0.463. The number of aliphatic carboxylic acids is 1. The first kappa shape index (κ1) is 27.4. The van der Waals surface area contributed by atoms with Crippen molar-refractivity contribution in [2.45, 2.75) is 50.2 Å². The van der Waals surface area contributed by atoms with Crippen LogP contribution in [0.2, 0.25) is 0 Å². The Balaban J connectivity index is 1.29. The number of likely N-dealkylation sites (tertiary alicyclic amines) is 2. The third kappa shape index (κ3) is 5.20. The molecule has 10 heteroatoms. The van der Waals surface area contributed by atoms with E-state index in [1.54, 1.807) is 17.0 Å². The topological polar surface area (TPSA) is 119 Å². The number of piperazine rings is 1. The molecule has 3 aliphatic heterocycles. The maximum atomic E-state index is 12.6. The predicted octanol–water partition coefficient (Wildman–Crippen LogP) is 4.28. The van der Waals surface area contributed by atoms with E-state index in [4.69, 9.17) is 19.8 Å². The summed E-state index contributed by atoms with van der Waals surface area (Å²) in [6.07, 6.45) is 3.51. The summed E-state index contributed by atoms with van der Waals surface area (Å²) in [6.45, 7) is 2.48. The summed E-state index contributed by atoms with van der Waals surface area (Å²) in [7, 11) is 2.11. The standard InChI is InChI=1S/C33H35N5O5/c1-36-12-4-6-24(36)19-43-33-34-29-14-21(28-15-25(39)13-20-5-2-3-7-26(20)28)8-11-27(29)32(35-33)38-22-9-10-23(38)18-37(17-22)30(40)16-31(41)42/h2-3,5,7-8,11,13-15,22-24,39H,4,6,9-10,12,16-19H2,1H3,(H,41,42)/t22-,23+,24-/m0/s1. The summed E-state index contributed by atoms with van der Waals surface area (Å²) in [4.78, 5) is 40.0. The van der Waals surface area contributed by atoms with E-state index in [1.807, 2.05) is 36.4 Å². The quantitative estimate of drug-likeness (QED) is 0.308. The Morgan fingerprint density at radius 1 is 0.977 bits per heavy atom. The van der Waals surface area contributed by atoms with Crippen molar-refractivity contribution < 1.29 is 24.5 Å². The highest BCUT2D eigenvalue weighted by Crippen LogP contribution is 2.40. The Morgan fingerprint density at radius 3 is 2.51 bits per heavy atom. The fraction of sp³-hybridized carbons (Fsp3) is 0.394. The summed E-state index contributed by atoms with van der Waals surface area (Å²) >= 11 is 0. The number of amides is 1. The Bertz CT molecular complexity index is 1710. The van der Waals surface area contributed by atoms with Gasteiger partial charge in [-0.2, -0.15) is 9.97 Å². The molecule has 1 amide bonds. The minimum atomic E-state index is -1.11. The van der Waals surface area contributed by atoms with Gasteiger partial charge in [0.2, 0.25) is 5.91 Å². The Morgan fingerprint density at radius 2 is 1.77 bits per heavy atom. The van der Waals surface area contributed by atoms with Gasteiger partial charge >= 0.3 is 12.0 Å². The van der Waals surface area contributed by atoms with E-state index in [0.717, 1.165) is 70.8 Å². The van der Waals surface area contributed by atoms with Gasteiger partial charge in [-0.15, -0.1) is 0 Å². The number of aromatic hydroxyl groups is 1. The van der Waals surface area contributed by atoms with E-state index in [2.05, 4.69) is 22.9 Å². The largest absolute Gasteiger partial charge is 0.508 e. The van der Waals surface area contributed by atoms with Crippen LogP contribution in [0.4, 0.5) is 5.82 Å². The molecule has 4 heterocycles.